The van der Waals surface area contributed by atoms with Crippen molar-refractivity contribution in [3.05, 3.63) is 35.9 Å². The Kier molecular flexibility index (Phi) is 6.70. The Balaban J connectivity index is 1.19. The monoisotopic (exact) mass is 594 g/mol. The van der Waals surface area contributed by atoms with Gasteiger partial charge in [0.05, 0.1) is 11.2 Å². The van der Waals surface area contributed by atoms with Crippen LogP contribution in [0.5, 0.6) is 0 Å². The normalized spacial score (nSPS) is 31.3. The van der Waals surface area contributed by atoms with Crippen LogP contribution in [0.25, 0.3) is 0 Å². The molecule has 4 saturated heterocycles. The van der Waals surface area contributed by atoms with E-state index in [1.165, 1.54) is 30.5 Å². The average molecular weight is 595 g/mol. The first-order valence-electron chi connectivity index (χ1n) is 12.6. The van der Waals surface area contributed by atoms with E-state index in [9.17, 15) is 32.4 Å². The van der Waals surface area contributed by atoms with Crippen molar-refractivity contribution in [1.29, 1.82) is 0 Å². The fraction of sp³-hybridized carbons (Fsp3) is 0.560. The van der Waals surface area contributed by atoms with Crippen molar-refractivity contribution in [3.8, 4) is 0 Å². The summed E-state index contributed by atoms with van der Waals surface area (Å²) in [6.07, 6.45) is -0.191. The number of thioether (sulfide) groups is 1. The molecule has 0 aromatic heterocycles. The number of amides is 3. The Labute approximate surface area is 235 Å². The lowest BCUT2D eigenvalue weighted by Crippen LogP contribution is -2.71. The summed E-state index contributed by atoms with van der Waals surface area (Å²) in [6, 6.07) is 4.45. The third kappa shape index (κ3) is 4.08. The summed E-state index contributed by atoms with van der Waals surface area (Å²) in [7, 11) is -3.80. The molecule has 0 radical (unpaired) electrons. The molecule has 4 heterocycles. The summed E-state index contributed by atoms with van der Waals surface area (Å²) in [4.78, 5) is 65.9. The summed E-state index contributed by atoms with van der Waals surface area (Å²) in [5.74, 6) is -3.32. The molecule has 1 aromatic carbocycles. The summed E-state index contributed by atoms with van der Waals surface area (Å²) < 4.78 is 33.3. The van der Waals surface area contributed by atoms with E-state index < -0.39 is 90.7 Å². The smallest absolute Gasteiger partial charge is 0.333 e. The second kappa shape index (κ2) is 9.45. The summed E-state index contributed by atoms with van der Waals surface area (Å²) in [6.45, 7) is 5.37. The van der Waals surface area contributed by atoms with Crippen molar-refractivity contribution in [2.75, 3.05) is 6.79 Å². The Hall–Kier alpha value is -3.17. The minimum Gasteiger partial charge on any atom is -0.426 e. The topological polar surface area (TPSA) is 182 Å². The minimum absolute atomic E-state index is 0.191. The predicted octanol–water partition coefficient (Wildman–Crippen LogP) is -0.589. The van der Waals surface area contributed by atoms with Crippen LogP contribution in [0.4, 0.5) is 0 Å². The first-order chi connectivity index (χ1) is 18.6. The van der Waals surface area contributed by atoms with Crippen molar-refractivity contribution < 1.29 is 41.9 Å². The fourth-order valence-corrected chi connectivity index (χ4v) is 9.44. The van der Waals surface area contributed by atoms with E-state index in [2.05, 4.69) is 5.32 Å². The fourth-order valence-electron chi connectivity index (χ4n) is 5.69. The van der Waals surface area contributed by atoms with Crippen LogP contribution in [-0.2, 0) is 43.3 Å². The van der Waals surface area contributed by atoms with Gasteiger partial charge >= 0.3 is 11.9 Å². The number of nitrogens with one attached hydrogen (secondary N) is 1. The van der Waals surface area contributed by atoms with Crippen LogP contribution >= 0.6 is 11.8 Å². The molecule has 40 heavy (non-hydrogen) atoms. The zero-order valence-corrected chi connectivity index (χ0v) is 23.9. The van der Waals surface area contributed by atoms with E-state index >= 15 is 0 Å². The summed E-state index contributed by atoms with van der Waals surface area (Å²) in [5, 5.41) is 1.07. The number of fused-ring (bicyclic) bond motifs is 2. The Morgan fingerprint density at radius 1 is 1.05 bits per heavy atom. The van der Waals surface area contributed by atoms with E-state index in [1.54, 1.807) is 44.2 Å². The van der Waals surface area contributed by atoms with E-state index in [0.717, 1.165) is 4.90 Å². The van der Waals surface area contributed by atoms with Gasteiger partial charge in [0.15, 0.2) is 9.84 Å². The third-order valence-corrected chi connectivity index (χ3v) is 12.4. The molecule has 15 heteroatoms. The molecule has 4 aliphatic heterocycles. The van der Waals surface area contributed by atoms with Gasteiger partial charge in [-0.05, 0) is 33.3 Å². The Bertz CT molecular complexity index is 1400. The molecule has 6 unspecified atom stereocenters. The van der Waals surface area contributed by atoms with Crippen LogP contribution in [-0.4, -0.2) is 93.0 Å². The van der Waals surface area contributed by atoms with Crippen LogP contribution in [0.2, 0.25) is 0 Å². The molecule has 216 valence electrons. The average Bonchev–Trinajstić information content (AvgIpc) is 3.22. The molecule has 4 fully saturated rings. The number of esters is 2. The van der Waals surface area contributed by atoms with Gasteiger partial charge < -0.3 is 30.3 Å². The third-order valence-electron chi connectivity index (χ3n) is 8.00. The second-order valence-corrected chi connectivity index (χ2v) is 15.6. The molecule has 0 spiro atoms. The quantitative estimate of drug-likeness (QED) is 0.234. The maximum absolute atomic E-state index is 13.0. The number of carbonyl (C=O) groups is 5. The van der Waals surface area contributed by atoms with E-state index in [-0.39, 0.29) is 6.42 Å². The molecular formula is C25H30N4O9S2. The van der Waals surface area contributed by atoms with Crippen molar-refractivity contribution >= 4 is 51.3 Å². The highest BCUT2D eigenvalue weighted by atomic mass is 32.2. The Morgan fingerprint density at radius 3 is 2.25 bits per heavy atom. The second-order valence-electron chi connectivity index (χ2n) is 11.2. The number of hydrogen-bond donors (Lipinski definition) is 2. The van der Waals surface area contributed by atoms with Gasteiger partial charge in [0, 0.05) is 4.75 Å². The molecule has 0 bridgehead atoms. The largest absolute Gasteiger partial charge is 0.426 e. The predicted molar refractivity (Wildman–Crippen MR) is 140 cm³/mol. The SMILES string of the molecule is CC1(C)SC2C(NC(=O)C(N)c3ccccc3)C(=O)N2C1C(=O)OCOC(=O)C1N2C(=O)CC2S(=O)(=O)C1(C)C. The van der Waals surface area contributed by atoms with Crippen LogP contribution in [0, 0.1) is 0 Å². The minimum atomic E-state index is -3.80. The highest BCUT2D eigenvalue weighted by molar-refractivity contribution is 8.01. The number of nitrogens with zero attached hydrogens (tertiary/aromatic N) is 2. The summed E-state index contributed by atoms with van der Waals surface area (Å²) >= 11 is 1.31. The van der Waals surface area contributed by atoms with Crippen LogP contribution in [0.15, 0.2) is 30.3 Å². The number of hydrogen-bond acceptors (Lipinski definition) is 11. The van der Waals surface area contributed by atoms with Gasteiger partial charge in [0.2, 0.25) is 24.5 Å². The highest BCUT2D eigenvalue weighted by Gasteiger charge is 2.68. The van der Waals surface area contributed by atoms with E-state index in [0.29, 0.717) is 5.56 Å². The first kappa shape index (κ1) is 28.4. The highest BCUT2D eigenvalue weighted by Crippen LogP contribution is 2.51. The van der Waals surface area contributed by atoms with Crippen LogP contribution < -0.4 is 11.1 Å². The van der Waals surface area contributed by atoms with Gasteiger partial charge in [0.1, 0.15) is 34.9 Å². The van der Waals surface area contributed by atoms with Crippen molar-refractivity contribution in [1.82, 2.24) is 15.1 Å². The number of benzene rings is 1. The number of nitrogens with two attached hydrogens (primary N) is 1. The standard InChI is InChI=1S/C25H30N4O9S2/c1-24(2)17(29-20(32)16(21(29)39-24)27-19(31)15(26)12-8-6-5-7-9-12)22(33)37-11-38-23(34)18-25(3,4)40(35,36)14-10-13(30)28(14)18/h5-9,14-18,21H,10-11,26H2,1-4H3,(H,27,31). The lowest BCUT2D eigenvalue weighted by Gasteiger charge is -2.44. The maximum atomic E-state index is 13.0. The zero-order chi connectivity index (χ0) is 29.4. The van der Waals surface area contributed by atoms with Gasteiger partial charge in [-0.1, -0.05) is 30.3 Å². The molecule has 3 amide bonds. The van der Waals surface area contributed by atoms with Gasteiger partial charge in [-0.25, -0.2) is 18.0 Å². The van der Waals surface area contributed by atoms with E-state index in [1.807, 2.05) is 0 Å². The number of rotatable bonds is 7. The maximum Gasteiger partial charge on any atom is 0.333 e. The molecule has 0 aliphatic carbocycles. The van der Waals surface area contributed by atoms with Crippen LogP contribution in [0.3, 0.4) is 0 Å². The lowest BCUT2D eigenvalue weighted by molar-refractivity contribution is -0.181. The molecule has 4 aliphatic rings. The van der Waals surface area contributed by atoms with Gasteiger partial charge in [-0.3, -0.25) is 14.4 Å². The molecule has 5 rings (SSSR count). The summed E-state index contributed by atoms with van der Waals surface area (Å²) in [5.41, 5.74) is 6.64. The zero-order valence-electron chi connectivity index (χ0n) is 22.2. The molecule has 3 N–H and O–H groups in total. The number of carbonyl (C=O) groups excluding carboxylic acids is 5. The first-order valence-corrected chi connectivity index (χ1v) is 15.0. The Morgan fingerprint density at radius 2 is 1.65 bits per heavy atom. The number of sulfone groups is 1. The number of ether oxygens (including phenoxy) is 2. The van der Waals surface area contributed by atoms with Gasteiger partial charge in [0.25, 0.3) is 0 Å². The van der Waals surface area contributed by atoms with Crippen molar-refractivity contribution in [2.45, 2.75) is 78.5 Å². The van der Waals surface area contributed by atoms with Gasteiger partial charge in [-0.2, -0.15) is 0 Å². The molecule has 6 atom stereocenters. The van der Waals surface area contributed by atoms with E-state index in [4.69, 9.17) is 15.2 Å². The number of β-lactam (4-membered cyclic amide) rings is 2. The van der Waals surface area contributed by atoms with Gasteiger partial charge in [-0.15, -0.1) is 11.8 Å². The molecule has 13 nitrogen and oxygen atoms in total. The molecule has 0 saturated carbocycles. The van der Waals surface area contributed by atoms with Crippen molar-refractivity contribution in [2.24, 2.45) is 5.73 Å². The molecule has 1 aromatic rings. The molecular weight excluding hydrogens is 564 g/mol. The van der Waals surface area contributed by atoms with Crippen LogP contribution in [0.1, 0.15) is 45.7 Å². The lowest BCUT2D eigenvalue weighted by atomic mass is 9.95. The van der Waals surface area contributed by atoms with Crippen molar-refractivity contribution in [3.63, 3.8) is 0 Å².